The number of hydrogen-bond donors (Lipinski definition) is 0. The number of hydrogen-bond acceptors (Lipinski definition) is 0. The van der Waals surface area contributed by atoms with Crippen LogP contribution in [0, 0.1) is 16.7 Å². The number of fused-ring (bicyclic) bond motifs is 5. The van der Waals surface area contributed by atoms with Crippen LogP contribution in [0.1, 0.15) is 142 Å². The van der Waals surface area contributed by atoms with E-state index in [1.165, 1.54) is 57.7 Å². The molecule has 0 N–H and O–H groups in total. The van der Waals surface area contributed by atoms with Gasteiger partial charge in [-0.2, -0.15) is 0 Å². The van der Waals surface area contributed by atoms with E-state index in [-0.39, 0.29) is 56.0 Å². The summed E-state index contributed by atoms with van der Waals surface area (Å²) in [7, 11) is 0. The molecule has 9 heteroatoms. The van der Waals surface area contributed by atoms with Gasteiger partial charge >= 0.3 is 361 Å². The monoisotopic (exact) mass is 964 g/mol. The van der Waals surface area contributed by atoms with Crippen molar-refractivity contribution in [3.8, 4) is 11.1 Å². The average molecular weight is 967 g/mol. The van der Waals surface area contributed by atoms with Crippen molar-refractivity contribution in [2.75, 3.05) is 0 Å². The summed E-state index contributed by atoms with van der Waals surface area (Å²) >= 11 is -3.85. The van der Waals surface area contributed by atoms with Gasteiger partial charge in [0.1, 0.15) is 0 Å². The predicted octanol–water partition coefficient (Wildman–Crippen LogP) is 9.61. The Morgan fingerprint density at radius 2 is 0.984 bits per heavy atom. The molecule has 0 spiro atoms. The summed E-state index contributed by atoms with van der Waals surface area (Å²) in [5, 5.41) is 0. The van der Waals surface area contributed by atoms with Crippen molar-refractivity contribution in [1.29, 1.82) is 0 Å². The smallest absolute Gasteiger partial charge is 1.00 e. The van der Waals surface area contributed by atoms with E-state index < -0.39 is 44.7 Å². The van der Waals surface area contributed by atoms with E-state index in [9.17, 15) is 26.3 Å². The van der Waals surface area contributed by atoms with Gasteiger partial charge in [0.2, 0.25) is 0 Å². The molecule has 0 fully saturated rings. The minimum absolute atomic E-state index is 0. The van der Waals surface area contributed by atoms with Gasteiger partial charge in [0, 0.05) is 0 Å². The Labute approximate surface area is 383 Å². The second kappa shape index (κ2) is 15.7. The van der Waals surface area contributed by atoms with E-state index in [0.29, 0.717) is 14.3 Å². The molecule has 326 valence electrons. The molecule has 62 heavy (non-hydrogen) atoms. The van der Waals surface area contributed by atoms with Crippen LogP contribution < -0.4 is 24.8 Å². The molecule has 0 aromatic heterocycles. The third-order valence-electron chi connectivity index (χ3n) is 13.1. The Balaban J connectivity index is 0.00000321. The summed E-state index contributed by atoms with van der Waals surface area (Å²) in [5.41, 5.74) is 11.1. The topological polar surface area (TPSA) is 0 Å². The van der Waals surface area contributed by atoms with Crippen LogP contribution in [0.3, 0.4) is 0 Å². The van der Waals surface area contributed by atoms with E-state index in [1.54, 1.807) is 12.1 Å². The molecule has 8 rings (SSSR count). The Kier molecular flexibility index (Phi) is 12.2. The number of allylic oxidation sites excluding steroid dienone is 8. The quantitative estimate of drug-likeness (QED) is 0.179. The molecular formula is C53H54Cl2F6Zr. The van der Waals surface area contributed by atoms with Crippen LogP contribution in [-0.2, 0) is 44.4 Å². The first kappa shape index (κ1) is 48.2. The standard InChI is InChI=1S/C31H37.C15H8F6.C7H9.2ClH.Zr/c1-28(2,3)26-16-30(7,8)24-12-18-11-19-13-25-23(15-21(19)20(18)14-22(24)26)27(29(4,5)6)17-31(25,9)10;16-14(17,18)12-5-1-3-10(8-12)7-11-4-2-6-13(9-11)15(19,20)21;1-6-3-4-7(2)5-6;;;/h11-17H,1-10H3;1-6,8-9H;3,5,7H,1-2H3;2*1H;/q;;;;;+2/p-2. The molecule has 4 aromatic carbocycles. The van der Waals surface area contributed by atoms with E-state index in [4.69, 9.17) is 0 Å². The summed E-state index contributed by atoms with van der Waals surface area (Å²) in [6.07, 6.45) is -0.129. The molecule has 0 heterocycles. The van der Waals surface area contributed by atoms with Gasteiger partial charge in [-0.15, -0.1) is 0 Å². The largest absolute Gasteiger partial charge is 1.00 e. The van der Waals surface area contributed by atoms with Crippen LogP contribution in [0.4, 0.5) is 26.3 Å². The fourth-order valence-corrected chi connectivity index (χ4v) is 19.9. The maximum Gasteiger partial charge on any atom is -1.00 e. The van der Waals surface area contributed by atoms with Crippen molar-refractivity contribution in [2.24, 2.45) is 16.7 Å². The minimum atomic E-state index is -4.64. The van der Waals surface area contributed by atoms with Crippen LogP contribution >= 0.6 is 0 Å². The van der Waals surface area contributed by atoms with E-state index in [0.717, 1.165) is 43.2 Å². The summed E-state index contributed by atoms with van der Waals surface area (Å²) < 4.78 is 89.3. The molecule has 4 aliphatic rings. The van der Waals surface area contributed by atoms with Crippen molar-refractivity contribution in [2.45, 2.75) is 110 Å². The molecule has 1 atom stereocenters. The predicted molar refractivity (Wildman–Crippen MR) is 232 cm³/mol. The molecule has 0 nitrogen and oxygen atoms in total. The molecule has 0 saturated heterocycles. The van der Waals surface area contributed by atoms with Crippen LogP contribution in [-0.4, -0.2) is 3.21 Å². The maximum absolute atomic E-state index is 14.6. The van der Waals surface area contributed by atoms with Gasteiger partial charge in [-0.1, -0.05) is 0 Å². The Hall–Kier alpha value is -3.25. The first-order valence-corrected chi connectivity index (χ1v) is 24.8. The van der Waals surface area contributed by atoms with Crippen LogP contribution in [0.25, 0.3) is 22.3 Å². The zero-order valence-corrected chi connectivity index (χ0v) is 41.4. The first-order chi connectivity index (χ1) is 27.6. The number of alkyl halides is 6. The van der Waals surface area contributed by atoms with Gasteiger partial charge < -0.3 is 24.8 Å². The van der Waals surface area contributed by atoms with Gasteiger partial charge in [0.05, 0.1) is 0 Å². The Morgan fingerprint density at radius 1 is 0.581 bits per heavy atom. The van der Waals surface area contributed by atoms with Crippen LogP contribution in [0.2, 0.25) is 0 Å². The second-order valence-corrected chi connectivity index (χ2v) is 26.8. The number of benzene rings is 4. The van der Waals surface area contributed by atoms with Crippen molar-refractivity contribution < 1.29 is 72.4 Å². The molecule has 0 radical (unpaired) electrons. The van der Waals surface area contributed by atoms with Gasteiger partial charge in [-0.3, -0.25) is 0 Å². The maximum atomic E-state index is 14.6. The Morgan fingerprint density at radius 3 is 1.32 bits per heavy atom. The fraction of sp³-hybridized carbons (Fsp3) is 0.377. The fourth-order valence-electron chi connectivity index (χ4n) is 10.3. The third kappa shape index (κ3) is 8.19. The van der Waals surface area contributed by atoms with Crippen molar-refractivity contribution in [3.05, 3.63) is 162 Å². The molecule has 4 aliphatic carbocycles. The zero-order chi connectivity index (χ0) is 43.9. The molecule has 0 saturated carbocycles. The number of halogens is 8. The summed E-state index contributed by atoms with van der Waals surface area (Å²) in [4.78, 5) is 0. The van der Waals surface area contributed by atoms with Crippen LogP contribution in [0.15, 0.2) is 106 Å². The summed E-state index contributed by atoms with van der Waals surface area (Å²) in [6.45, 7) is 26.6. The second-order valence-electron chi connectivity index (χ2n) is 20.7. The van der Waals surface area contributed by atoms with Gasteiger partial charge in [-0.25, -0.2) is 0 Å². The SMILES string of the molecule is CC1=CC(C)[C]([Zr+2](=[C](c2cccc(C(F)(F)F)c2)c2cccc(C(F)(F)F)c2)[CH]2c3cc4c(cc3-c3cc5c(cc32)C(C)(C)C=C5C(C)(C)C)C(C(C)(C)C)=CC4(C)C)=C1.[Cl-].[Cl-]. The summed E-state index contributed by atoms with van der Waals surface area (Å²) in [6, 6.07) is 20.1. The Bertz CT molecular complexity index is 2510. The molecule has 0 aliphatic heterocycles. The molecule has 4 aromatic rings. The normalized spacial score (nSPS) is 18.5. The average Bonchev–Trinajstić information content (AvgIpc) is 3.81. The minimum Gasteiger partial charge on any atom is -1.00 e. The van der Waals surface area contributed by atoms with Crippen molar-refractivity contribution >= 4 is 14.4 Å². The van der Waals surface area contributed by atoms with Crippen molar-refractivity contribution in [3.63, 3.8) is 0 Å². The van der Waals surface area contributed by atoms with Crippen molar-refractivity contribution in [1.82, 2.24) is 0 Å². The molecule has 0 bridgehead atoms. The molecular weight excluding hydrogens is 913 g/mol. The first-order valence-electron chi connectivity index (χ1n) is 20.9. The zero-order valence-electron chi connectivity index (χ0n) is 37.4. The third-order valence-corrected chi connectivity index (χ3v) is 21.8. The van der Waals surface area contributed by atoms with Gasteiger partial charge in [0.25, 0.3) is 0 Å². The van der Waals surface area contributed by atoms with Gasteiger partial charge in [-0.05, 0) is 0 Å². The van der Waals surface area contributed by atoms with E-state index in [1.807, 2.05) is 6.92 Å². The molecule has 0 amide bonds. The van der Waals surface area contributed by atoms with E-state index >= 15 is 0 Å². The van der Waals surface area contributed by atoms with E-state index in [2.05, 4.69) is 125 Å². The summed E-state index contributed by atoms with van der Waals surface area (Å²) in [5.74, 6) is -0.0430. The van der Waals surface area contributed by atoms with Crippen LogP contribution in [0.5, 0.6) is 0 Å². The molecule has 1 unspecified atom stereocenters. The van der Waals surface area contributed by atoms with Gasteiger partial charge in [0.15, 0.2) is 0 Å². The number of rotatable bonds is 4.